The Morgan fingerprint density at radius 1 is 1.16 bits per heavy atom. The number of nitrogens with zero attached hydrogens (tertiary/aromatic N) is 3. The fraction of sp³-hybridized carbons (Fsp3) is 0.452. The van der Waals surface area contributed by atoms with Gasteiger partial charge in [-0.25, -0.2) is 8.42 Å². The number of esters is 1. The zero-order valence-electron chi connectivity index (χ0n) is 25.2. The summed E-state index contributed by atoms with van der Waals surface area (Å²) in [5, 5.41) is 7.65. The van der Waals surface area contributed by atoms with Gasteiger partial charge in [-0.05, 0) is 62.1 Å². The number of hydrogen-bond acceptors (Lipinski definition) is 8. The molecule has 0 aliphatic carbocycles. The summed E-state index contributed by atoms with van der Waals surface area (Å²) in [6.07, 6.45) is 8.77. The molecule has 0 spiro atoms. The molecule has 0 bridgehead atoms. The van der Waals surface area contributed by atoms with Gasteiger partial charge < -0.3 is 20.1 Å². The summed E-state index contributed by atoms with van der Waals surface area (Å²) in [5.74, 6) is 0.320. The second kappa shape index (κ2) is 17.3. The summed E-state index contributed by atoms with van der Waals surface area (Å²) in [5.41, 5.74) is 8.17. The minimum Gasteiger partial charge on any atom is -0.490 e. The number of anilines is 1. The fourth-order valence-electron chi connectivity index (χ4n) is 5.18. The largest absolute Gasteiger partial charge is 0.490 e. The summed E-state index contributed by atoms with van der Waals surface area (Å²) < 4.78 is 39.2. The van der Waals surface area contributed by atoms with Crippen molar-refractivity contribution in [1.29, 1.82) is 5.41 Å². The zero-order chi connectivity index (χ0) is 30.1. The summed E-state index contributed by atoms with van der Waals surface area (Å²) in [4.78, 5) is 19.2. The van der Waals surface area contributed by atoms with Gasteiger partial charge in [-0.2, -0.15) is 0 Å². The predicted molar refractivity (Wildman–Crippen MR) is 181 cm³/mol. The smallest absolute Gasteiger partial charge is 0.323 e. The number of sulfonamides is 1. The molecule has 2 aromatic carbocycles. The Bertz CT molecular complexity index is 1440. The molecule has 2 aliphatic rings. The van der Waals surface area contributed by atoms with Crippen molar-refractivity contribution in [2.75, 3.05) is 42.8 Å². The van der Waals surface area contributed by atoms with Crippen LogP contribution < -0.4 is 14.8 Å². The number of benzene rings is 2. The molecule has 0 amide bonds. The monoisotopic (exact) mass is 667 g/mol. The summed E-state index contributed by atoms with van der Waals surface area (Å²) in [6, 6.07) is 12.4. The van der Waals surface area contributed by atoms with Crippen LogP contribution in [0.25, 0.3) is 6.08 Å². The number of nitrogen functional groups attached to an aromatic ring is 1. The van der Waals surface area contributed by atoms with E-state index >= 15 is 0 Å². The molecule has 2 aromatic rings. The van der Waals surface area contributed by atoms with Gasteiger partial charge in [-0.15, -0.1) is 24.8 Å². The van der Waals surface area contributed by atoms with Crippen LogP contribution >= 0.6 is 24.8 Å². The maximum absolute atomic E-state index is 13.4. The molecule has 1 fully saturated rings. The lowest BCUT2D eigenvalue weighted by Gasteiger charge is -2.35. The Labute approximate surface area is 273 Å². The number of likely N-dealkylation sites (tertiary alicyclic amines) is 1. The van der Waals surface area contributed by atoms with Crippen molar-refractivity contribution in [2.24, 2.45) is 10.7 Å². The number of piperidine rings is 1. The fourth-order valence-corrected chi connectivity index (χ4v) is 6.46. The first kappa shape index (κ1) is 36.9. The standard InChI is InChI=1S/C31H41N5O5S.2ClH/c1-3-40-30(37)22-42(38,39)36(17-7-9-24-8-6-10-25(21-24)31(32)33)26-12-13-28(23(2)20-26)41-27-14-18-35(19-15-27)29-11-4-5-16-34-29;;/h6-10,12-13,20-21,27H,3-5,11,14-19,22H2,1-2H3,(H3,32,33);2*1H/b9-7+;;. The van der Waals surface area contributed by atoms with Gasteiger partial charge in [0, 0.05) is 44.5 Å². The minimum atomic E-state index is -4.05. The topological polar surface area (TPSA) is 138 Å². The summed E-state index contributed by atoms with van der Waals surface area (Å²) in [7, 11) is -4.05. The molecular formula is C31H43Cl2N5O5S. The lowest BCUT2D eigenvalue weighted by Crippen LogP contribution is -2.42. The first-order valence-corrected chi connectivity index (χ1v) is 16.1. The van der Waals surface area contributed by atoms with E-state index in [1.807, 2.05) is 13.0 Å². The van der Waals surface area contributed by atoms with Crippen LogP contribution in [0.15, 0.2) is 53.5 Å². The SMILES string of the molecule is CCOC(=O)CS(=O)(=O)N(C/C=C/c1cccc(C(=N)N)c1)c1ccc(OC2CCN(C3=NCCCC3)CC2)c(C)c1.Cl.Cl. The molecular weight excluding hydrogens is 625 g/mol. The van der Waals surface area contributed by atoms with Gasteiger partial charge in [0.25, 0.3) is 0 Å². The molecule has 1 saturated heterocycles. The van der Waals surface area contributed by atoms with E-state index < -0.39 is 21.7 Å². The van der Waals surface area contributed by atoms with Crippen molar-refractivity contribution in [3.8, 4) is 5.75 Å². The van der Waals surface area contributed by atoms with Gasteiger partial charge in [0.05, 0.1) is 24.7 Å². The number of ether oxygens (including phenoxy) is 2. The van der Waals surface area contributed by atoms with Crippen molar-refractivity contribution in [2.45, 2.75) is 52.1 Å². The molecule has 2 heterocycles. The number of amidine groups is 2. The maximum Gasteiger partial charge on any atom is 0.323 e. The quantitative estimate of drug-likeness (QED) is 0.196. The summed E-state index contributed by atoms with van der Waals surface area (Å²) in [6.45, 7) is 6.38. The van der Waals surface area contributed by atoms with Gasteiger partial charge in [-0.1, -0.05) is 30.4 Å². The van der Waals surface area contributed by atoms with Gasteiger partial charge in [0.2, 0.25) is 10.0 Å². The highest BCUT2D eigenvalue weighted by molar-refractivity contribution is 7.93. The average Bonchev–Trinajstić information content (AvgIpc) is 2.97. The molecule has 4 rings (SSSR count). The van der Waals surface area contributed by atoms with Crippen LogP contribution in [0.4, 0.5) is 5.69 Å². The normalized spacial score (nSPS) is 15.5. The highest BCUT2D eigenvalue weighted by Gasteiger charge is 2.27. The Morgan fingerprint density at radius 3 is 2.55 bits per heavy atom. The number of aryl methyl sites for hydroxylation is 1. The average molecular weight is 669 g/mol. The first-order valence-electron chi connectivity index (χ1n) is 14.5. The Hall–Kier alpha value is -3.28. The highest BCUT2D eigenvalue weighted by Crippen LogP contribution is 2.29. The molecule has 44 heavy (non-hydrogen) atoms. The molecule has 10 nitrogen and oxygen atoms in total. The number of nitrogens with one attached hydrogen (secondary N) is 1. The van der Waals surface area contributed by atoms with E-state index in [0.29, 0.717) is 17.0 Å². The second-order valence-corrected chi connectivity index (χ2v) is 12.4. The molecule has 2 aliphatic heterocycles. The van der Waals surface area contributed by atoms with Crippen molar-refractivity contribution in [3.63, 3.8) is 0 Å². The number of nitrogens with two attached hydrogens (primary N) is 1. The van der Waals surface area contributed by atoms with Crippen LogP contribution in [0.2, 0.25) is 0 Å². The van der Waals surface area contributed by atoms with E-state index in [4.69, 9.17) is 25.6 Å². The minimum absolute atomic E-state index is 0. The van der Waals surface area contributed by atoms with E-state index in [1.165, 1.54) is 23.0 Å². The number of rotatable bonds is 11. The van der Waals surface area contributed by atoms with Gasteiger partial charge in [-0.3, -0.25) is 19.5 Å². The van der Waals surface area contributed by atoms with Crippen LogP contribution in [-0.2, 0) is 19.6 Å². The number of hydrogen-bond donors (Lipinski definition) is 2. The number of aliphatic imine (C=N–C) groups is 1. The number of halogens is 2. The third-order valence-corrected chi connectivity index (χ3v) is 9.00. The van der Waals surface area contributed by atoms with E-state index in [0.717, 1.165) is 50.0 Å². The van der Waals surface area contributed by atoms with Crippen molar-refractivity contribution < 1.29 is 22.7 Å². The highest BCUT2D eigenvalue weighted by atomic mass is 35.5. The number of carbonyl (C=O) groups is 1. The van der Waals surface area contributed by atoms with E-state index in [9.17, 15) is 13.2 Å². The molecule has 13 heteroatoms. The third kappa shape index (κ3) is 10.1. The maximum atomic E-state index is 13.4. The molecule has 0 radical (unpaired) electrons. The van der Waals surface area contributed by atoms with Crippen molar-refractivity contribution in [3.05, 3.63) is 65.2 Å². The van der Waals surface area contributed by atoms with E-state index in [-0.39, 0.29) is 49.9 Å². The van der Waals surface area contributed by atoms with Crippen LogP contribution in [0, 0.1) is 12.3 Å². The van der Waals surface area contributed by atoms with Gasteiger partial charge in [0.15, 0.2) is 5.75 Å². The Balaban J connectivity index is 0.00000337. The Kier molecular flexibility index (Phi) is 14.5. The molecule has 0 saturated carbocycles. The summed E-state index contributed by atoms with van der Waals surface area (Å²) >= 11 is 0. The zero-order valence-corrected chi connectivity index (χ0v) is 27.7. The lowest BCUT2D eigenvalue weighted by molar-refractivity contribution is -0.139. The molecule has 3 N–H and O–H groups in total. The lowest BCUT2D eigenvalue weighted by atomic mass is 10.1. The number of carbonyl (C=O) groups excluding carboxylic acids is 1. The molecule has 0 atom stereocenters. The first-order chi connectivity index (χ1) is 20.2. The van der Waals surface area contributed by atoms with E-state index in [2.05, 4.69) is 4.90 Å². The second-order valence-electron chi connectivity index (χ2n) is 10.5. The van der Waals surface area contributed by atoms with Crippen molar-refractivity contribution in [1.82, 2.24) is 4.90 Å². The van der Waals surface area contributed by atoms with Crippen LogP contribution in [0.1, 0.15) is 55.7 Å². The van der Waals surface area contributed by atoms with Crippen LogP contribution in [-0.4, -0.2) is 75.6 Å². The van der Waals surface area contributed by atoms with E-state index in [1.54, 1.807) is 55.5 Å². The van der Waals surface area contributed by atoms with Crippen LogP contribution in [0.3, 0.4) is 0 Å². The van der Waals surface area contributed by atoms with Gasteiger partial charge >= 0.3 is 5.97 Å². The van der Waals surface area contributed by atoms with Crippen molar-refractivity contribution >= 4 is 64.2 Å². The Morgan fingerprint density at radius 2 is 1.91 bits per heavy atom. The third-order valence-electron chi connectivity index (χ3n) is 7.37. The predicted octanol–water partition coefficient (Wildman–Crippen LogP) is 4.96. The van der Waals surface area contributed by atoms with Crippen LogP contribution in [0.5, 0.6) is 5.75 Å². The molecule has 242 valence electrons. The molecule has 0 unspecified atom stereocenters. The van der Waals surface area contributed by atoms with Gasteiger partial charge in [0.1, 0.15) is 17.7 Å². The molecule has 0 aromatic heterocycles.